The van der Waals surface area contributed by atoms with Gasteiger partial charge in [0.2, 0.25) is 0 Å². The van der Waals surface area contributed by atoms with Crippen molar-refractivity contribution in [3.63, 3.8) is 0 Å². The molecule has 0 aliphatic carbocycles. The second-order valence-corrected chi connectivity index (χ2v) is 7.38. The number of amides is 1. The number of carbonyl (C=O) groups is 2. The van der Waals surface area contributed by atoms with Crippen LogP contribution < -0.4 is 0 Å². The largest absolute Gasteiger partial charge is 0.444 e. The van der Waals surface area contributed by atoms with Gasteiger partial charge in [0.05, 0.1) is 0 Å². The first kappa shape index (κ1) is 18.5. The first-order valence-electron chi connectivity index (χ1n) is 7.88. The predicted octanol–water partition coefficient (Wildman–Crippen LogP) is 2.91. The summed E-state index contributed by atoms with van der Waals surface area (Å²) in [6, 6.07) is 0. The van der Waals surface area contributed by atoms with Crippen LogP contribution in [0.5, 0.6) is 0 Å². The molecule has 1 rings (SSSR count). The highest BCUT2D eigenvalue weighted by Gasteiger charge is 2.34. The molecule has 1 heterocycles. The van der Waals surface area contributed by atoms with Crippen molar-refractivity contribution in [3.8, 4) is 0 Å². The molecule has 22 heavy (non-hydrogen) atoms. The van der Waals surface area contributed by atoms with Gasteiger partial charge in [-0.3, -0.25) is 4.79 Å². The molecule has 126 valence electrons. The summed E-state index contributed by atoms with van der Waals surface area (Å²) in [5.41, 5.74) is 0.410. The molecule has 1 amide bonds. The number of nitrogens with zero attached hydrogens (tertiary/aromatic N) is 2. The summed E-state index contributed by atoms with van der Waals surface area (Å²) < 4.78 is 5.41. The number of piperidine rings is 1. The number of allylic oxidation sites excluding steroid dienone is 2. The number of hydrogen-bond acceptors (Lipinski definition) is 4. The molecule has 0 aromatic heterocycles. The highest BCUT2D eigenvalue weighted by Crippen LogP contribution is 2.26. The number of carbonyl (C=O) groups excluding carboxylic acids is 2. The van der Waals surface area contributed by atoms with Crippen molar-refractivity contribution in [3.05, 3.63) is 11.8 Å². The predicted molar refractivity (Wildman–Crippen MR) is 87.5 cm³/mol. The Balaban J connectivity index is 2.77. The van der Waals surface area contributed by atoms with Gasteiger partial charge in [-0.05, 0) is 40.0 Å². The second kappa shape index (κ2) is 7.16. The zero-order valence-electron chi connectivity index (χ0n) is 15.0. The van der Waals surface area contributed by atoms with Crippen LogP contribution in [-0.4, -0.2) is 54.5 Å². The first-order chi connectivity index (χ1) is 10.0. The standard InChI is InChI=1S/C17H30N2O3/c1-12-8-9-19(16(21)22-17(3,4)5)11-14(12)15(20)10-13(2)18(6)7/h10,12,14H,8-9,11H2,1-7H3. The van der Waals surface area contributed by atoms with Gasteiger partial charge in [-0.2, -0.15) is 0 Å². The zero-order valence-corrected chi connectivity index (χ0v) is 15.0. The lowest BCUT2D eigenvalue weighted by molar-refractivity contribution is -0.121. The maximum Gasteiger partial charge on any atom is 0.410 e. The van der Waals surface area contributed by atoms with E-state index < -0.39 is 5.60 Å². The summed E-state index contributed by atoms with van der Waals surface area (Å²) in [4.78, 5) is 28.3. The van der Waals surface area contributed by atoms with E-state index in [0.717, 1.165) is 12.1 Å². The van der Waals surface area contributed by atoms with Crippen LogP contribution in [0.2, 0.25) is 0 Å². The summed E-state index contributed by atoms with van der Waals surface area (Å²) in [7, 11) is 3.83. The molecule has 0 aromatic rings. The van der Waals surface area contributed by atoms with E-state index in [9.17, 15) is 9.59 Å². The molecule has 1 saturated heterocycles. The van der Waals surface area contributed by atoms with Crippen molar-refractivity contribution < 1.29 is 14.3 Å². The van der Waals surface area contributed by atoms with E-state index in [1.165, 1.54) is 0 Å². The average Bonchev–Trinajstić information content (AvgIpc) is 2.36. The third-order valence-electron chi connectivity index (χ3n) is 4.03. The molecule has 1 fully saturated rings. The van der Waals surface area contributed by atoms with Gasteiger partial charge in [-0.15, -0.1) is 0 Å². The van der Waals surface area contributed by atoms with Gasteiger partial charge in [-0.25, -0.2) is 4.79 Å². The molecule has 0 spiro atoms. The van der Waals surface area contributed by atoms with Gasteiger partial charge in [0, 0.05) is 44.9 Å². The minimum atomic E-state index is -0.513. The van der Waals surface area contributed by atoms with E-state index >= 15 is 0 Å². The van der Waals surface area contributed by atoms with Crippen LogP contribution in [0, 0.1) is 11.8 Å². The van der Waals surface area contributed by atoms with E-state index in [-0.39, 0.29) is 23.7 Å². The third-order valence-corrected chi connectivity index (χ3v) is 4.03. The molecule has 2 atom stereocenters. The lowest BCUT2D eigenvalue weighted by atomic mass is 9.84. The molecule has 5 heteroatoms. The molecule has 0 radical (unpaired) electrons. The van der Waals surface area contributed by atoms with Gasteiger partial charge >= 0.3 is 6.09 Å². The van der Waals surface area contributed by atoms with Gasteiger partial charge in [-0.1, -0.05) is 6.92 Å². The lowest BCUT2D eigenvalue weighted by Gasteiger charge is -2.36. The van der Waals surface area contributed by atoms with Crippen LogP contribution in [0.1, 0.15) is 41.0 Å². The monoisotopic (exact) mass is 310 g/mol. The van der Waals surface area contributed by atoms with Crippen LogP contribution in [0.3, 0.4) is 0 Å². The molecule has 0 saturated carbocycles. The number of rotatable bonds is 3. The van der Waals surface area contributed by atoms with E-state index in [1.54, 1.807) is 11.0 Å². The van der Waals surface area contributed by atoms with E-state index in [2.05, 4.69) is 6.92 Å². The molecule has 2 unspecified atom stereocenters. The van der Waals surface area contributed by atoms with Gasteiger partial charge < -0.3 is 14.5 Å². The number of ketones is 1. The third kappa shape index (κ3) is 5.35. The SMILES string of the molecule is CC(=CC(=O)C1CN(C(=O)OC(C)(C)C)CCC1C)N(C)C. The smallest absolute Gasteiger partial charge is 0.410 e. The Morgan fingerprint density at radius 1 is 1.27 bits per heavy atom. The highest BCUT2D eigenvalue weighted by atomic mass is 16.6. The van der Waals surface area contributed by atoms with Crippen molar-refractivity contribution in [2.24, 2.45) is 11.8 Å². The Bertz CT molecular complexity index is 449. The number of likely N-dealkylation sites (tertiary alicyclic amines) is 1. The fraction of sp³-hybridized carbons (Fsp3) is 0.765. The second-order valence-electron chi connectivity index (χ2n) is 7.38. The fourth-order valence-electron chi connectivity index (χ4n) is 2.37. The Morgan fingerprint density at radius 2 is 1.86 bits per heavy atom. The minimum absolute atomic E-state index is 0.0898. The average molecular weight is 310 g/mol. The molecule has 1 aliphatic heterocycles. The molecule has 0 bridgehead atoms. The highest BCUT2D eigenvalue weighted by molar-refractivity contribution is 5.93. The Labute approximate surface area is 134 Å². The van der Waals surface area contributed by atoms with Gasteiger partial charge in [0.15, 0.2) is 5.78 Å². The van der Waals surface area contributed by atoms with Gasteiger partial charge in [0.1, 0.15) is 5.60 Å². The maximum atomic E-state index is 12.5. The molecule has 1 aliphatic rings. The Hall–Kier alpha value is -1.52. The number of hydrogen-bond donors (Lipinski definition) is 0. The summed E-state index contributed by atoms with van der Waals surface area (Å²) in [6.45, 7) is 10.6. The Kier molecular flexibility index (Phi) is 6.03. The Morgan fingerprint density at radius 3 is 2.36 bits per heavy atom. The first-order valence-corrected chi connectivity index (χ1v) is 7.88. The molecule has 0 N–H and O–H groups in total. The molecular weight excluding hydrogens is 280 g/mol. The van der Waals surface area contributed by atoms with Crippen molar-refractivity contribution in [2.45, 2.75) is 46.6 Å². The summed E-state index contributed by atoms with van der Waals surface area (Å²) in [5, 5.41) is 0. The normalized spacial score (nSPS) is 23.2. The number of ether oxygens (including phenoxy) is 1. The topological polar surface area (TPSA) is 49.9 Å². The van der Waals surface area contributed by atoms with Crippen molar-refractivity contribution in [2.75, 3.05) is 27.2 Å². The van der Waals surface area contributed by atoms with Crippen LogP contribution in [0.25, 0.3) is 0 Å². The van der Waals surface area contributed by atoms with E-state index in [1.807, 2.05) is 46.7 Å². The van der Waals surface area contributed by atoms with E-state index in [0.29, 0.717) is 13.1 Å². The van der Waals surface area contributed by atoms with Crippen LogP contribution in [0.4, 0.5) is 4.79 Å². The van der Waals surface area contributed by atoms with Crippen molar-refractivity contribution >= 4 is 11.9 Å². The van der Waals surface area contributed by atoms with Crippen molar-refractivity contribution in [1.29, 1.82) is 0 Å². The summed E-state index contributed by atoms with van der Waals surface area (Å²) in [6.07, 6.45) is 2.18. The maximum absolute atomic E-state index is 12.5. The molecular formula is C17H30N2O3. The lowest BCUT2D eigenvalue weighted by Crippen LogP contribution is -2.47. The van der Waals surface area contributed by atoms with Crippen LogP contribution in [-0.2, 0) is 9.53 Å². The van der Waals surface area contributed by atoms with Gasteiger partial charge in [0.25, 0.3) is 0 Å². The van der Waals surface area contributed by atoms with Crippen LogP contribution >= 0.6 is 0 Å². The summed E-state index contributed by atoms with van der Waals surface area (Å²) in [5.74, 6) is 0.209. The fourth-order valence-corrected chi connectivity index (χ4v) is 2.37. The quantitative estimate of drug-likeness (QED) is 0.752. The van der Waals surface area contributed by atoms with Crippen LogP contribution in [0.15, 0.2) is 11.8 Å². The zero-order chi connectivity index (χ0) is 17.1. The van der Waals surface area contributed by atoms with Crippen molar-refractivity contribution in [1.82, 2.24) is 9.80 Å². The molecule has 0 aromatic carbocycles. The van der Waals surface area contributed by atoms with E-state index in [4.69, 9.17) is 4.74 Å². The minimum Gasteiger partial charge on any atom is -0.444 e. The summed E-state index contributed by atoms with van der Waals surface area (Å²) >= 11 is 0. The molecule has 5 nitrogen and oxygen atoms in total.